The van der Waals surface area contributed by atoms with Crippen LogP contribution in [0.2, 0.25) is 0 Å². The first-order valence-corrected chi connectivity index (χ1v) is 17.7. The van der Waals surface area contributed by atoms with E-state index in [-0.39, 0.29) is 26.4 Å². The minimum Gasteiger partial charge on any atom is -0.370 e. The van der Waals surface area contributed by atoms with Crippen LogP contribution in [0.5, 0.6) is 0 Å². The Morgan fingerprint density at radius 2 is 0.755 bits per heavy atom. The topological polar surface area (TPSA) is 162 Å². The fourth-order valence-electron chi connectivity index (χ4n) is 6.56. The van der Waals surface area contributed by atoms with Gasteiger partial charge in [0.15, 0.2) is 12.6 Å². The zero-order chi connectivity index (χ0) is 36.8. The predicted molar refractivity (Wildman–Crippen MR) is 196 cm³/mol. The van der Waals surface area contributed by atoms with E-state index in [1.807, 2.05) is 121 Å². The third-order valence-electron chi connectivity index (χ3n) is 9.30. The molecule has 0 aromatic heterocycles. The largest absolute Gasteiger partial charge is 0.370 e. The highest BCUT2D eigenvalue weighted by Crippen LogP contribution is 2.35. The van der Waals surface area contributed by atoms with Gasteiger partial charge in [-0.15, -0.1) is 0 Å². The minimum absolute atomic E-state index is 0.203. The van der Waals surface area contributed by atoms with Crippen molar-refractivity contribution < 1.29 is 33.2 Å². The molecule has 0 saturated carbocycles. The molecule has 0 N–H and O–H groups in total. The summed E-state index contributed by atoms with van der Waals surface area (Å²) in [5.41, 5.74) is 22.9. The molecule has 2 aliphatic heterocycles. The monoisotopic (exact) mass is 720 g/mol. The van der Waals surface area contributed by atoms with E-state index in [9.17, 15) is 11.1 Å². The first-order chi connectivity index (χ1) is 26.0. The molecule has 0 aliphatic carbocycles. The number of ether oxygens (including phenoxy) is 7. The summed E-state index contributed by atoms with van der Waals surface area (Å²) in [6.07, 6.45) is -6.67. The molecule has 13 heteroatoms. The maximum Gasteiger partial charge on any atom is 0.189 e. The fourth-order valence-corrected chi connectivity index (χ4v) is 6.56. The van der Waals surface area contributed by atoms with Crippen LogP contribution in [0.15, 0.2) is 132 Å². The van der Waals surface area contributed by atoms with Crippen molar-refractivity contribution >= 4 is 0 Å². The van der Waals surface area contributed by atoms with Gasteiger partial charge in [-0.2, -0.15) is 0 Å². The Kier molecular flexibility index (Phi) is 13.9. The lowest BCUT2D eigenvalue weighted by Gasteiger charge is -2.48. The smallest absolute Gasteiger partial charge is 0.189 e. The maximum absolute atomic E-state index is 9.60. The van der Waals surface area contributed by atoms with Crippen LogP contribution in [-0.4, -0.2) is 61.3 Å². The van der Waals surface area contributed by atoms with Crippen LogP contribution in [0, 0.1) is 0 Å². The van der Waals surface area contributed by atoms with Gasteiger partial charge < -0.3 is 33.2 Å². The lowest BCUT2D eigenvalue weighted by atomic mass is 9.95. The van der Waals surface area contributed by atoms with E-state index in [4.69, 9.17) is 33.2 Å². The highest BCUT2D eigenvalue weighted by atomic mass is 16.8. The second-order valence-electron chi connectivity index (χ2n) is 13.0. The average Bonchev–Trinajstić information content (AvgIpc) is 3.19. The summed E-state index contributed by atoms with van der Waals surface area (Å²) in [6, 6.07) is 37.4. The van der Waals surface area contributed by atoms with Crippen LogP contribution in [0.25, 0.3) is 20.9 Å². The van der Waals surface area contributed by atoms with Gasteiger partial charge in [0, 0.05) is 9.82 Å². The molecule has 6 rings (SSSR count). The van der Waals surface area contributed by atoms with Gasteiger partial charge in [0.05, 0.1) is 50.7 Å². The Morgan fingerprint density at radius 1 is 0.472 bits per heavy atom. The maximum atomic E-state index is 9.60. The van der Waals surface area contributed by atoms with E-state index in [2.05, 4.69) is 20.1 Å². The average molecular weight is 721 g/mol. The number of hydrogen-bond acceptors (Lipinski definition) is 9. The van der Waals surface area contributed by atoms with Gasteiger partial charge in [-0.05, 0) is 47.2 Å². The Labute approximate surface area is 308 Å². The summed E-state index contributed by atoms with van der Waals surface area (Å²) in [7, 11) is 0. The summed E-state index contributed by atoms with van der Waals surface area (Å²) in [6.45, 7) is 4.48. The molecule has 0 spiro atoms. The first kappa shape index (κ1) is 38.0. The minimum atomic E-state index is -1.06. The summed E-state index contributed by atoms with van der Waals surface area (Å²) in [4.78, 5) is 6.26. The van der Waals surface area contributed by atoms with Crippen molar-refractivity contribution in [2.24, 2.45) is 10.2 Å². The highest BCUT2D eigenvalue weighted by molar-refractivity contribution is 5.16. The van der Waals surface area contributed by atoms with Crippen LogP contribution in [0.4, 0.5) is 0 Å². The van der Waals surface area contributed by atoms with Crippen molar-refractivity contribution in [3.8, 4) is 0 Å². The Balaban J connectivity index is 1.33. The molecular formula is C40H44N6O7. The van der Waals surface area contributed by atoms with Crippen molar-refractivity contribution in [3.05, 3.63) is 164 Å². The van der Waals surface area contributed by atoms with Gasteiger partial charge in [0.1, 0.15) is 24.4 Å². The molecule has 13 nitrogen and oxygen atoms in total. The molecule has 0 amide bonds. The fraction of sp³-hybridized carbons (Fsp3) is 0.400. The normalized spacial score (nSPS) is 28.3. The summed E-state index contributed by atoms with van der Waals surface area (Å²) < 4.78 is 45.9. The Bertz CT molecular complexity index is 1650. The van der Waals surface area contributed by atoms with Crippen molar-refractivity contribution in [1.82, 2.24) is 0 Å². The van der Waals surface area contributed by atoms with Crippen LogP contribution in [0.1, 0.15) is 36.1 Å². The van der Waals surface area contributed by atoms with Gasteiger partial charge >= 0.3 is 0 Å². The third kappa shape index (κ3) is 10.2. The van der Waals surface area contributed by atoms with E-state index in [1.54, 1.807) is 13.8 Å². The Hall–Kier alpha value is -4.78. The summed E-state index contributed by atoms with van der Waals surface area (Å²) >= 11 is 0. The molecule has 276 valence electrons. The van der Waals surface area contributed by atoms with E-state index in [0.717, 1.165) is 22.3 Å². The van der Waals surface area contributed by atoms with Crippen molar-refractivity contribution in [1.29, 1.82) is 0 Å². The zero-order valence-electron chi connectivity index (χ0n) is 29.7. The molecule has 0 radical (unpaired) electrons. The number of nitrogens with zero attached hydrogens (tertiary/aromatic N) is 6. The van der Waals surface area contributed by atoms with E-state index in [1.165, 1.54) is 0 Å². The van der Waals surface area contributed by atoms with Gasteiger partial charge in [0.25, 0.3) is 0 Å². The SMILES string of the molecule is C[C@H]1O[C@H](O[C@H]2O[C@H](C)[C@@H](N=[N+]=[N-])[C@H](OCc3ccccc3)[C@H]2OCc2ccccc2)[C@H](OCc2ccccc2)[C@@H](OCc2ccccc2)[C@@H]1N=[N+]=[N-]. The van der Waals surface area contributed by atoms with E-state index in [0.29, 0.717) is 0 Å². The number of benzene rings is 4. The van der Waals surface area contributed by atoms with Gasteiger partial charge in [-0.3, -0.25) is 0 Å². The van der Waals surface area contributed by atoms with Crippen molar-refractivity contribution in [2.45, 2.75) is 102 Å². The van der Waals surface area contributed by atoms with Gasteiger partial charge in [-0.1, -0.05) is 132 Å². The quantitative estimate of drug-likeness (QED) is 0.0640. The van der Waals surface area contributed by atoms with Crippen molar-refractivity contribution in [2.75, 3.05) is 0 Å². The molecule has 2 fully saturated rings. The van der Waals surface area contributed by atoms with E-state index >= 15 is 0 Å². The summed E-state index contributed by atoms with van der Waals surface area (Å²) in [5, 5.41) is 8.21. The molecule has 4 aromatic rings. The molecule has 2 saturated heterocycles. The van der Waals surface area contributed by atoms with Crippen LogP contribution in [-0.2, 0) is 59.6 Å². The molecular weight excluding hydrogens is 676 g/mol. The predicted octanol–water partition coefficient (Wildman–Crippen LogP) is 8.19. The zero-order valence-corrected chi connectivity index (χ0v) is 29.7. The standard InChI is InChI=1S/C40H44N6O7/c1-27-33(43-45-41)35(47-23-29-15-7-3-8-16-29)37(49-25-31-19-11-5-12-20-31)39(51-27)53-40-38(50-26-32-21-13-6-14-22-32)36(34(44-46-42)28(2)52-40)48-24-30-17-9-4-10-18-30/h3-22,27-28,33-40H,23-26H2,1-2H3/t27-,28-,33-,34-,35+,36+,37-,38-,39-,40-/m1/s1. The Morgan fingerprint density at radius 3 is 1.04 bits per heavy atom. The molecule has 4 aromatic carbocycles. The molecule has 0 unspecified atom stereocenters. The molecule has 53 heavy (non-hydrogen) atoms. The van der Waals surface area contributed by atoms with Crippen LogP contribution >= 0.6 is 0 Å². The first-order valence-electron chi connectivity index (χ1n) is 17.7. The lowest BCUT2D eigenvalue weighted by Crippen LogP contribution is -2.63. The summed E-state index contributed by atoms with van der Waals surface area (Å²) in [5.74, 6) is 0. The molecule has 2 heterocycles. The van der Waals surface area contributed by atoms with E-state index < -0.39 is 61.3 Å². The molecule has 10 atom stereocenters. The lowest BCUT2D eigenvalue weighted by molar-refractivity contribution is -0.368. The number of azide groups is 2. The van der Waals surface area contributed by atoms with Crippen LogP contribution in [0.3, 0.4) is 0 Å². The van der Waals surface area contributed by atoms with Gasteiger partial charge in [0.2, 0.25) is 0 Å². The van der Waals surface area contributed by atoms with Gasteiger partial charge in [-0.25, -0.2) is 0 Å². The van der Waals surface area contributed by atoms with Crippen molar-refractivity contribution in [3.63, 3.8) is 0 Å². The second-order valence-corrected chi connectivity index (χ2v) is 13.0. The number of hydrogen-bond donors (Lipinski definition) is 0. The molecule has 0 bridgehead atoms. The molecule has 2 aliphatic rings. The third-order valence-corrected chi connectivity index (χ3v) is 9.30. The van der Waals surface area contributed by atoms with Crippen LogP contribution < -0.4 is 0 Å². The highest BCUT2D eigenvalue weighted by Gasteiger charge is 2.52. The number of rotatable bonds is 16. The second kappa shape index (κ2) is 19.3.